The minimum atomic E-state index is 0.505. The highest BCUT2D eigenvalue weighted by molar-refractivity contribution is 5.10. The first kappa shape index (κ1) is 7.57. The van der Waals surface area contributed by atoms with Gasteiger partial charge in [0.2, 0.25) is 0 Å². The Morgan fingerprint density at radius 3 is 2.50 bits per heavy atom. The van der Waals surface area contributed by atoms with Gasteiger partial charge in [0.25, 0.3) is 0 Å². The van der Waals surface area contributed by atoms with Crippen LogP contribution in [0.2, 0.25) is 0 Å². The molecule has 2 N–H and O–H groups in total. The van der Waals surface area contributed by atoms with E-state index in [0.717, 1.165) is 6.42 Å². The molecular formula is C7H15N3. The molecular weight excluding hydrogens is 126 g/mol. The number of rotatable bonds is 1. The van der Waals surface area contributed by atoms with E-state index in [0.29, 0.717) is 6.04 Å². The molecule has 0 spiro atoms. The smallest absolute Gasteiger partial charge is 0.0526 e. The highest BCUT2D eigenvalue weighted by atomic mass is 15.8. The Balaban J connectivity index is 2.68. The minimum absolute atomic E-state index is 0.505. The normalized spacial score (nSPS) is 27.4. The van der Waals surface area contributed by atoms with Gasteiger partial charge in [0, 0.05) is 13.2 Å². The molecule has 0 aromatic carbocycles. The lowest BCUT2D eigenvalue weighted by Crippen LogP contribution is -2.41. The number of hydrogen-bond donors (Lipinski definition) is 1. The summed E-state index contributed by atoms with van der Waals surface area (Å²) in [4.78, 5) is 0. The van der Waals surface area contributed by atoms with Crippen LogP contribution < -0.4 is 5.84 Å². The first-order valence-electron chi connectivity index (χ1n) is 3.61. The molecule has 1 heterocycles. The molecule has 0 bridgehead atoms. The molecule has 3 nitrogen and oxygen atoms in total. The van der Waals surface area contributed by atoms with E-state index in [1.807, 2.05) is 18.3 Å². The predicted molar refractivity (Wildman–Crippen MR) is 41.6 cm³/mol. The Hall–Kier alpha value is -0.540. The van der Waals surface area contributed by atoms with Crippen LogP contribution in [0.4, 0.5) is 0 Å². The van der Waals surface area contributed by atoms with E-state index >= 15 is 0 Å². The van der Waals surface area contributed by atoms with Crippen LogP contribution in [0.25, 0.3) is 0 Å². The number of likely N-dealkylation sites (N-methyl/N-ethyl adjacent to an activating group) is 1. The standard InChI is InChI=1S/C7H15N3/c1-4-7-6(2)5-10(8)9(7)3/h5,7H,4,8H2,1-3H3. The van der Waals surface area contributed by atoms with E-state index in [9.17, 15) is 0 Å². The summed E-state index contributed by atoms with van der Waals surface area (Å²) < 4.78 is 0. The van der Waals surface area contributed by atoms with Gasteiger partial charge < -0.3 is 0 Å². The fourth-order valence-corrected chi connectivity index (χ4v) is 1.43. The fraction of sp³-hybridized carbons (Fsp3) is 0.714. The molecule has 0 saturated carbocycles. The van der Waals surface area contributed by atoms with Gasteiger partial charge in [-0.05, 0) is 18.9 Å². The van der Waals surface area contributed by atoms with E-state index in [-0.39, 0.29) is 0 Å². The van der Waals surface area contributed by atoms with E-state index in [4.69, 9.17) is 5.84 Å². The summed E-state index contributed by atoms with van der Waals surface area (Å²) in [5.74, 6) is 5.62. The number of hydrogen-bond acceptors (Lipinski definition) is 3. The quantitative estimate of drug-likeness (QED) is 0.546. The van der Waals surface area contributed by atoms with Crippen molar-refractivity contribution in [1.29, 1.82) is 0 Å². The summed E-state index contributed by atoms with van der Waals surface area (Å²) in [6.07, 6.45) is 3.08. The van der Waals surface area contributed by atoms with Gasteiger partial charge in [-0.15, -0.1) is 0 Å². The molecule has 58 valence electrons. The molecule has 1 unspecified atom stereocenters. The summed E-state index contributed by atoms with van der Waals surface area (Å²) in [5.41, 5.74) is 1.34. The van der Waals surface area contributed by atoms with Crippen molar-refractivity contribution in [2.45, 2.75) is 26.3 Å². The summed E-state index contributed by atoms with van der Waals surface area (Å²) >= 11 is 0. The third kappa shape index (κ3) is 1.02. The summed E-state index contributed by atoms with van der Waals surface area (Å²) in [6.45, 7) is 4.27. The third-order valence-electron chi connectivity index (χ3n) is 2.06. The number of nitrogens with zero attached hydrogens (tertiary/aromatic N) is 2. The van der Waals surface area contributed by atoms with Crippen molar-refractivity contribution in [1.82, 2.24) is 10.1 Å². The van der Waals surface area contributed by atoms with Crippen LogP contribution in [0.1, 0.15) is 20.3 Å². The van der Waals surface area contributed by atoms with E-state index in [2.05, 4.69) is 13.8 Å². The maximum absolute atomic E-state index is 5.62. The lowest BCUT2D eigenvalue weighted by atomic mass is 10.1. The molecule has 0 aromatic heterocycles. The zero-order valence-corrected chi connectivity index (χ0v) is 6.83. The van der Waals surface area contributed by atoms with Crippen LogP contribution in [0.5, 0.6) is 0 Å². The van der Waals surface area contributed by atoms with Gasteiger partial charge in [-0.25, -0.2) is 16.0 Å². The maximum Gasteiger partial charge on any atom is 0.0526 e. The fourth-order valence-electron chi connectivity index (χ4n) is 1.43. The van der Waals surface area contributed by atoms with Crippen molar-refractivity contribution >= 4 is 0 Å². The van der Waals surface area contributed by atoms with Crippen LogP contribution in [-0.4, -0.2) is 23.2 Å². The molecule has 0 aromatic rings. The van der Waals surface area contributed by atoms with Gasteiger partial charge in [-0.3, -0.25) is 0 Å². The van der Waals surface area contributed by atoms with Gasteiger partial charge in [-0.2, -0.15) is 0 Å². The highest BCUT2D eigenvalue weighted by Gasteiger charge is 2.23. The molecule has 1 atom stereocenters. The number of hydrazine groups is 2. The van der Waals surface area contributed by atoms with Crippen molar-refractivity contribution in [2.24, 2.45) is 5.84 Å². The molecule has 0 aliphatic carbocycles. The Bertz CT molecular complexity index is 153. The third-order valence-corrected chi connectivity index (χ3v) is 2.06. The second-order valence-electron chi connectivity index (χ2n) is 2.75. The molecule has 3 heteroatoms. The highest BCUT2D eigenvalue weighted by Crippen LogP contribution is 2.19. The first-order valence-corrected chi connectivity index (χ1v) is 3.61. The average Bonchev–Trinajstić information content (AvgIpc) is 2.09. The molecule has 0 amide bonds. The monoisotopic (exact) mass is 141 g/mol. The Morgan fingerprint density at radius 1 is 1.70 bits per heavy atom. The Kier molecular flexibility index (Phi) is 1.97. The topological polar surface area (TPSA) is 32.5 Å². The summed E-state index contributed by atoms with van der Waals surface area (Å²) in [7, 11) is 2.00. The molecule has 1 aliphatic heterocycles. The first-order chi connectivity index (χ1) is 4.66. The largest absolute Gasteiger partial charge is 0.249 e. The summed E-state index contributed by atoms with van der Waals surface area (Å²) in [5, 5.41) is 3.68. The van der Waals surface area contributed by atoms with Crippen molar-refractivity contribution in [3.8, 4) is 0 Å². The van der Waals surface area contributed by atoms with Crippen LogP contribution in [-0.2, 0) is 0 Å². The van der Waals surface area contributed by atoms with Crippen LogP contribution in [0.15, 0.2) is 11.8 Å². The van der Waals surface area contributed by atoms with Gasteiger partial charge in [0.1, 0.15) is 0 Å². The predicted octanol–water partition coefficient (Wildman–Crippen LogP) is 0.705. The van der Waals surface area contributed by atoms with Crippen LogP contribution >= 0.6 is 0 Å². The molecule has 1 aliphatic rings. The number of nitrogens with two attached hydrogens (primary N) is 1. The lowest BCUT2D eigenvalue weighted by Gasteiger charge is -2.25. The van der Waals surface area contributed by atoms with E-state index in [1.54, 1.807) is 5.12 Å². The van der Waals surface area contributed by atoms with Gasteiger partial charge in [0.15, 0.2) is 0 Å². The second kappa shape index (κ2) is 2.60. The van der Waals surface area contributed by atoms with Crippen LogP contribution in [0, 0.1) is 0 Å². The van der Waals surface area contributed by atoms with Gasteiger partial charge in [-0.1, -0.05) is 6.92 Å². The SMILES string of the molecule is CCC1C(C)=CN(N)N1C. The van der Waals surface area contributed by atoms with E-state index in [1.165, 1.54) is 5.57 Å². The van der Waals surface area contributed by atoms with Crippen LogP contribution in [0.3, 0.4) is 0 Å². The van der Waals surface area contributed by atoms with Crippen molar-refractivity contribution in [3.05, 3.63) is 11.8 Å². The molecule has 0 fully saturated rings. The molecule has 0 saturated heterocycles. The maximum atomic E-state index is 5.62. The van der Waals surface area contributed by atoms with Crippen molar-refractivity contribution < 1.29 is 0 Å². The summed E-state index contributed by atoms with van der Waals surface area (Å²) in [6, 6.07) is 0.505. The van der Waals surface area contributed by atoms with Gasteiger partial charge in [0.05, 0.1) is 6.04 Å². The molecule has 1 rings (SSSR count). The van der Waals surface area contributed by atoms with Crippen molar-refractivity contribution in [3.63, 3.8) is 0 Å². The second-order valence-corrected chi connectivity index (χ2v) is 2.75. The minimum Gasteiger partial charge on any atom is -0.249 e. The lowest BCUT2D eigenvalue weighted by molar-refractivity contribution is 0.0434. The van der Waals surface area contributed by atoms with Crippen molar-refractivity contribution in [2.75, 3.05) is 7.05 Å². The Morgan fingerprint density at radius 2 is 2.30 bits per heavy atom. The average molecular weight is 141 g/mol. The molecule has 0 radical (unpaired) electrons. The van der Waals surface area contributed by atoms with E-state index < -0.39 is 0 Å². The zero-order chi connectivity index (χ0) is 7.72. The zero-order valence-electron chi connectivity index (χ0n) is 6.83. The van der Waals surface area contributed by atoms with Gasteiger partial charge >= 0.3 is 0 Å². The molecule has 10 heavy (non-hydrogen) atoms. The Labute approximate surface area is 62.0 Å².